The highest BCUT2D eigenvalue weighted by Gasteiger charge is 2.12. The van der Waals surface area contributed by atoms with Crippen LogP contribution in [0.25, 0.3) is 10.6 Å². The minimum absolute atomic E-state index is 0.306. The van der Waals surface area contributed by atoms with Gasteiger partial charge in [0.15, 0.2) is 5.01 Å². The summed E-state index contributed by atoms with van der Waals surface area (Å²) < 4.78 is 4.99. The Labute approximate surface area is 94.3 Å². The summed E-state index contributed by atoms with van der Waals surface area (Å²) in [5.41, 5.74) is 0.990. The molecule has 0 aliphatic rings. The van der Waals surface area contributed by atoms with Gasteiger partial charge in [0.2, 0.25) is 0 Å². The van der Waals surface area contributed by atoms with Crippen LogP contribution in [-0.4, -0.2) is 10.2 Å². The van der Waals surface area contributed by atoms with Crippen LogP contribution in [0.15, 0.2) is 23.0 Å². The topological polar surface area (TPSA) is 38.9 Å². The molecule has 2 aromatic heterocycles. The molecule has 3 nitrogen and oxygen atoms in total. The zero-order chi connectivity index (χ0) is 9.97. The largest absolute Gasteiger partial charge is 0.472 e. The molecule has 0 aliphatic heterocycles. The standard InChI is InChI=1S/C9H9BrN2OS/c1-2-7(10)9-12-11-8(14-9)6-3-4-13-5-6/h3-5,7H,2H2,1H3. The minimum atomic E-state index is 0.306. The maximum atomic E-state index is 4.99. The van der Waals surface area contributed by atoms with E-state index < -0.39 is 0 Å². The van der Waals surface area contributed by atoms with E-state index in [-0.39, 0.29) is 0 Å². The van der Waals surface area contributed by atoms with Gasteiger partial charge in [-0.05, 0) is 12.5 Å². The molecule has 0 amide bonds. The summed E-state index contributed by atoms with van der Waals surface area (Å²) in [7, 11) is 0. The van der Waals surface area contributed by atoms with Gasteiger partial charge >= 0.3 is 0 Å². The SMILES string of the molecule is CCC(Br)c1nnc(-c2ccoc2)s1. The number of rotatable bonds is 3. The number of alkyl halides is 1. The maximum absolute atomic E-state index is 4.99. The quantitative estimate of drug-likeness (QED) is 0.801. The van der Waals surface area contributed by atoms with Gasteiger partial charge in [0.05, 0.1) is 16.7 Å². The van der Waals surface area contributed by atoms with Crippen LogP contribution in [-0.2, 0) is 0 Å². The summed E-state index contributed by atoms with van der Waals surface area (Å²) in [6, 6.07) is 1.89. The Morgan fingerprint density at radius 3 is 3.07 bits per heavy atom. The van der Waals surface area contributed by atoms with Crippen LogP contribution in [0.5, 0.6) is 0 Å². The average Bonchev–Trinajstić information content (AvgIpc) is 2.86. The van der Waals surface area contributed by atoms with E-state index in [1.54, 1.807) is 23.9 Å². The van der Waals surface area contributed by atoms with Crippen molar-refractivity contribution in [1.29, 1.82) is 0 Å². The van der Waals surface area contributed by atoms with Gasteiger partial charge in [-0.15, -0.1) is 10.2 Å². The van der Waals surface area contributed by atoms with E-state index in [0.29, 0.717) is 4.83 Å². The van der Waals surface area contributed by atoms with E-state index in [2.05, 4.69) is 33.1 Å². The van der Waals surface area contributed by atoms with E-state index in [1.807, 2.05) is 6.07 Å². The van der Waals surface area contributed by atoms with Crippen LogP contribution in [0.4, 0.5) is 0 Å². The summed E-state index contributed by atoms with van der Waals surface area (Å²) in [4.78, 5) is 0.306. The Kier molecular flexibility index (Phi) is 2.98. The van der Waals surface area contributed by atoms with Gasteiger partial charge in [-0.1, -0.05) is 34.2 Å². The zero-order valence-corrected chi connectivity index (χ0v) is 10.0. The predicted octanol–water partition coefficient (Wildman–Crippen LogP) is 3.64. The highest BCUT2D eigenvalue weighted by Crippen LogP contribution is 2.32. The third kappa shape index (κ3) is 1.88. The lowest BCUT2D eigenvalue weighted by Gasteiger charge is -1.97. The number of hydrogen-bond acceptors (Lipinski definition) is 4. The lowest BCUT2D eigenvalue weighted by Crippen LogP contribution is -1.84. The molecule has 0 bridgehead atoms. The summed E-state index contributed by atoms with van der Waals surface area (Å²) in [5.74, 6) is 0. The van der Waals surface area contributed by atoms with Gasteiger partial charge in [-0.25, -0.2) is 0 Å². The second-order valence-electron chi connectivity index (χ2n) is 2.83. The fraction of sp³-hybridized carbons (Fsp3) is 0.333. The Bertz CT molecular complexity index is 399. The second kappa shape index (κ2) is 4.23. The fourth-order valence-corrected chi connectivity index (χ4v) is 2.30. The number of nitrogens with zero attached hydrogens (tertiary/aromatic N) is 2. The van der Waals surface area contributed by atoms with Crippen molar-refractivity contribution in [3.8, 4) is 10.6 Å². The molecule has 0 fully saturated rings. The first kappa shape index (κ1) is 9.86. The molecule has 1 unspecified atom stereocenters. The number of halogens is 1. The third-order valence-electron chi connectivity index (χ3n) is 1.84. The third-order valence-corrected chi connectivity index (χ3v) is 4.31. The van der Waals surface area contributed by atoms with E-state index in [4.69, 9.17) is 4.42 Å². The molecule has 1 atom stereocenters. The molecule has 5 heteroatoms. The molecular formula is C9H9BrN2OS. The summed E-state index contributed by atoms with van der Waals surface area (Å²) >= 11 is 5.14. The van der Waals surface area contributed by atoms with Gasteiger partial charge in [0, 0.05) is 0 Å². The number of aromatic nitrogens is 2. The highest BCUT2D eigenvalue weighted by atomic mass is 79.9. The Morgan fingerprint density at radius 1 is 1.57 bits per heavy atom. The smallest absolute Gasteiger partial charge is 0.151 e. The molecule has 0 saturated carbocycles. The van der Waals surface area contributed by atoms with Crippen LogP contribution in [0.3, 0.4) is 0 Å². The van der Waals surface area contributed by atoms with Gasteiger partial charge in [-0.3, -0.25) is 0 Å². The van der Waals surface area contributed by atoms with Crippen LogP contribution in [0.2, 0.25) is 0 Å². The molecule has 14 heavy (non-hydrogen) atoms. The monoisotopic (exact) mass is 272 g/mol. The highest BCUT2D eigenvalue weighted by molar-refractivity contribution is 9.09. The molecular weight excluding hydrogens is 264 g/mol. The van der Waals surface area contributed by atoms with Gasteiger partial charge < -0.3 is 4.42 Å². The number of furan rings is 1. The summed E-state index contributed by atoms with van der Waals surface area (Å²) in [6.45, 7) is 2.11. The van der Waals surface area contributed by atoms with Crippen molar-refractivity contribution in [2.45, 2.75) is 18.2 Å². The molecule has 74 valence electrons. The van der Waals surface area contributed by atoms with Crippen molar-refractivity contribution in [2.24, 2.45) is 0 Å². The summed E-state index contributed by atoms with van der Waals surface area (Å²) in [5, 5.41) is 10.2. The average molecular weight is 273 g/mol. The van der Waals surface area contributed by atoms with Gasteiger partial charge in [0.1, 0.15) is 11.3 Å². The van der Waals surface area contributed by atoms with Crippen LogP contribution in [0, 0.1) is 0 Å². The van der Waals surface area contributed by atoms with Crippen molar-refractivity contribution < 1.29 is 4.42 Å². The van der Waals surface area contributed by atoms with Crippen molar-refractivity contribution in [3.05, 3.63) is 23.6 Å². The van der Waals surface area contributed by atoms with Crippen molar-refractivity contribution >= 4 is 27.3 Å². The molecule has 0 aromatic carbocycles. The number of hydrogen-bond donors (Lipinski definition) is 0. The van der Waals surface area contributed by atoms with E-state index in [9.17, 15) is 0 Å². The molecule has 2 rings (SSSR count). The van der Waals surface area contributed by atoms with Crippen LogP contribution >= 0.6 is 27.3 Å². The Hall–Kier alpha value is -0.680. The van der Waals surface area contributed by atoms with Crippen LogP contribution in [0.1, 0.15) is 23.2 Å². The molecule has 0 aliphatic carbocycles. The van der Waals surface area contributed by atoms with Crippen molar-refractivity contribution in [3.63, 3.8) is 0 Å². The molecule has 2 aromatic rings. The Morgan fingerprint density at radius 2 is 2.43 bits per heavy atom. The molecule has 0 saturated heterocycles. The van der Waals surface area contributed by atoms with Gasteiger partial charge in [0.25, 0.3) is 0 Å². The lowest BCUT2D eigenvalue weighted by atomic mass is 10.4. The van der Waals surface area contributed by atoms with E-state index in [0.717, 1.165) is 22.0 Å². The Balaban J connectivity index is 2.26. The first-order valence-corrected chi connectivity index (χ1v) is 6.04. The molecule has 0 radical (unpaired) electrons. The molecule has 0 N–H and O–H groups in total. The maximum Gasteiger partial charge on any atom is 0.151 e. The van der Waals surface area contributed by atoms with Crippen molar-refractivity contribution in [1.82, 2.24) is 10.2 Å². The summed E-state index contributed by atoms with van der Waals surface area (Å²) in [6.07, 6.45) is 4.33. The predicted molar refractivity (Wildman–Crippen MR) is 59.6 cm³/mol. The first-order chi connectivity index (χ1) is 6.81. The fourth-order valence-electron chi connectivity index (χ4n) is 1.04. The second-order valence-corrected chi connectivity index (χ2v) is 4.95. The first-order valence-electron chi connectivity index (χ1n) is 4.31. The zero-order valence-electron chi connectivity index (χ0n) is 7.61. The molecule has 0 spiro atoms. The van der Waals surface area contributed by atoms with E-state index >= 15 is 0 Å². The van der Waals surface area contributed by atoms with Crippen LogP contribution < -0.4 is 0 Å². The lowest BCUT2D eigenvalue weighted by molar-refractivity contribution is 0.568. The minimum Gasteiger partial charge on any atom is -0.472 e. The van der Waals surface area contributed by atoms with Crippen molar-refractivity contribution in [2.75, 3.05) is 0 Å². The molecule has 2 heterocycles. The normalized spacial score (nSPS) is 13.0. The van der Waals surface area contributed by atoms with Gasteiger partial charge in [-0.2, -0.15) is 0 Å². The van der Waals surface area contributed by atoms with E-state index in [1.165, 1.54) is 0 Å².